The van der Waals surface area contributed by atoms with Crippen molar-refractivity contribution in [2.24, 2.45) is 5.41 Å². The quantitative estimate of drug-likeness (QED) is 0.755. The van der Waals surface area contributed by atoms with E-state index in [9.17, 15) is 0 Å². The summed E-state index contributed by atoms with van der Waals surface area (Å²) in [5.74, 6) is 0. The number of halogens is 2. The van der Waals surface area contributed by atoms with Crippen molar-refractivity contribution in [1.82, 2.24) is 5.32 Å². The van der Waals surface area contributed by atoms with Crippen LogP contribution in [0.15, 0.2) is 18.2 Å². The minimum Gasteiger partial charge on any atom is -0.310 e. The van der Waals surface area contributed by atoms with Crippen molar-refractivity contribution in [3.8, 4) is 0 Å². The molecule has 3 heteroatoms. The van der Waals surface area contributed by atoms with Crippen LogP contribution in [-0.4, -0.2) is 6.54 Å². The molecule has 1 aromatic carbocycles. The molecule has 0 aliphatic heterocycles. The highest BCUT2D eigenvalue weighted by molar-refractivity contribution is 6.42. The van der Waals surface area contributed by atoms with E-state index in [0.717, 1.165) is 12.1 Å². The van der Waals surface area contributed by atoms with Crippen molar-refractivity contribution in [3.05, 3.63) is 33.8 Å². The van der Waals surface area contributed by atoms with E-state index in [4.69, 9.17) is 23.2 Å². The average molecular weight is 286 g/mol. The van der Waals surface area contributed by atoms with Gasteiger partial charge in [0.2, 0.25) is 0 Å². The molecule has 18 heavy (non-hydrogen) atoms. The summed E-state index contributed by atoms with van der Waals surface area (Å²) in [6.45, 7) is 5.50. The summed E-state index contributed by atoms with van der Waals surface area (Å²) < 4.78 is 0. The molecule has 1 aromatic rings. The van der Waals surface area contributed by atoms with Crippen molar-refractivity contribution in [2.45, 2.75) is 45.6 Å². The Morgan fingerprint density at radius 3 is 2.67 bits per heavy atom. The summed E-state index contributed by atoms with van der Waals surface area (Å²) in [5.41, 5.74) is 1.66. The molecule has 1 aliphatic carbocycles. The fourth-order valence-corrected chi connectivity index (χ4v) is 3.03. The highest BCUT2D eigenvalue weighted by Crippen LogP contribution is 2.49. The molecule has 1 nitrogen and oxygen atoms in total. The Morgan fingerprint density at radius 1 is 1.33 bits per heavy atom. The smallest absolute Gasteiger partial charge is 0.0639 e. The normalized spacial score (nSPS) is 18.7. The molecule has 1 fully saturated rings. The first-order valence-corrected chi connectivity index (χ1v) is 7.51. The van der Waals surface area contributed by atoms with Crippen LogP contribution in [0.4, 0.5) is 0 Å². The van der Waals surface area contributed by atoms with Crippen LogP contribution in [-0.2, 0) is 0 Å². The number of hydrogen-bond acceptors (Lipinski definition) is 1. The Hall–Kier alpha value is -0.240. The summed E-state index contributed by atoms with van der Waals surface area (Å²) in [6, 6.07) is 6.09. The van der Waals surface area contributed by atoms with Crippen LogP contribution in [0, 0.1) is 5.41 Å². The molecule has 0 spiro atoms. The standard InChI is InChI=1S/C15H21Cl2N/c1-3-7-15(8-9-15)10-18-11(2)12-5-4-6-13(16)14(12)17/h4-6,11,18H,3,7-10H2,1-2H3. The van der Waals surface area contributed by atoms with Gasteiger partial charge in [-0.3, -0.25) is 0 Å². The first-order valence-electron chi connectivity index (χ1n) is 6.75. The molecule has 100 valence electrons. The van der Waals surface area contributed by atoms with Gasteiger partial charge in [0, 0.05) is 12.6 Å². The van der Waals surface area contributed by atoms with Crippen molar-refractivity contribution in [1.29, 1.82) is 0 Å². The lowest BCUT2D eigenvalue weighted by atomic mass is 9.99. The molecule has 0 amide bonds. The lowest BCUT2D eigenvalue weighted by Gasteiger charge is -2.21. The van der Waals surface area contributed by atoms with Gasteiger partial charge in [0.05, 0.1) is 10.0 Å². The minimum atomic E-state index is 0.255. The van der Waals surface area contributed by atoms with Gasteiger partial charge in [-0.05, 0) is 43.2 Å². The second-order valence-corrected chi connectivity index (χ2v) is 6.28. The number of benzene rings is 1. The second kappa shape index (κ2) is 5.81. The maximum atomic E-state index is 6.24. The molecule has 0 bridgehead atoms. The van der Waals surface area contributed by atoms with Gasteiger partial charge in [0.1, 0.15) is 0 Å². The molecule has 0 saturated heterocycles. The molecule has 1 saturated carbocycles. The maximum absolute atomic E-state index is 6.24. The summed E-state index contributed by atoms with van der Waals surface area (Å²) in [6.07, 6.45) is 5.33. The van der Waals surface area contributed by atoms with Crippen LogP contribution in [0.2, 0.25) is 10.0 Å². The summed E-state index contributed by atoms with van der Waals surface area (Å²) in [4.78, 5) is 0. The summed E-state index contributed by atoms with van der Waals surface area (Å²) in [5, 5.41) is 4.93. The van der Waals surface area contributed by atoms with E-state index in [2.05, 4.69) is 19.2 Å². The van der Waals surface area contributed by atoms with Gasteiger partial charge >= 0.3 is 0 Å². The molecule has 2 rings (SSSR count). The van der Waals surface area contributed by atoms with Gasteiger partial charge < -0.3 is 5.32 Å². The maximum Gasteiger partial charge on any atom is 0.0639 e. The van der Waals surface area contributed by atoms with Gasteiger partial charge in [-0.2, -0.15) is 0 Å². The van der Waals surface area contributed by atoms with Gasteiger partial charge in [0.25, 0.3) is 0 Å². The van der Waals surface area contributed by atoms with E-state index in [1.165, 1.54) is 25.7 Å². The van der Waals surface area contributed by atoms with E-state index in [-0.39, 0.29) is 6.04 Å². The van der Waals surface area contributed by atoms with Crippen molar-refractivity contribution < 1.29 is 0 Å². The molecule has 1 atom stereocenters. The second-order valence-electron chi connectivity index (χ2n) is 5.50. The fraction of sp³-hybridized carbons (Fsp3) is 0.600. The molecule has 1 aliphatic rings. The molecular formula is C15H21Cl2N. The molecule has 1 N–H and O–H groups in total. The highest BCUT2D eigenvalue weighted by Gasteiger charge is 2.41. The van der Waals surface area contributed by atoms with E-state index < -0.39 is 0 Å². The highest BCUT2D eigenvalue weighted by atomic mass is 35.5. The zero-order valence-corrected chi connectivity index (χ0v) is 12.6. The Labute approximate surface area is 120 Å². The average Bonchev–Trinajstić information content (AvgIpc) is 3.11. The van der Waals surface area contributed by atoms with E-state index >= 15 is 0 Å². The molecular weight excluding hydrogens is 265 g/mol. The van der Waals surface area contributed by atoms with Gasteiger partial charge in [0.15, 0.2) is 0 Å². The van der Waals surface area contributed by atoms with Crippen molar-refractivity contribution in [2.75, 3.05) is 6.54 Å². The van der Waals surface area contributed by atoms with E-state index in [1.807, 2.05) is 18.2 Å². The Bertz CT molecular complexity index is 413. The zero-order valence-electron chi connectivity index (χ0n) is 11.1. The Kier molecular flexibility index (Phi) is 4.58. The van der Waals surface area contributed by atoms with E-state index in [0.29, 0.717) is 15.5 Å². The van der Waals surface area contributed by atoms with Crippen LogP contribution in [0.25, 0.3) is 0 Å². The lowest BCUT2D eigenvalue weighted by Crippen LogP contribution is -2.27. The first kappa shape index (κ1) is 14.2. The SMILES string of the molecule is CCCC1(CNC(C)c2cccc(Cl)c2Cl)CC1. The number of rotatable bonds is 6. The monoisotopic (exact) mass is 285 g/mol. The summed E-state index contributed by atoms with van der Waals surface area (Å²) >= 11 is 12.3. The number of hydrogen-bond donors (Lipinski definition) is 1. The molecule has 0 heterocycles. The van der Waals surface area contributed by atoms with Crippen molar-refractivity contribution >= 4 is 23.2 Å². The van der Waals surface area contributed by atoms with Gasteiger partial charge in [-0.15, -0.1) is 0 Å². The fourth-order valence-electron chi connectivity index (χ4n) is 2.56. The van der Waals surface area contributed by atoms with Crippen LogP contribution in [0.5, 0.6) is 0 Å². The van der Waals surface area contributed by atoms with Crippen LogP contribution >= 0.6 is 23.2 Å². The first-order chi connectivity index (χ1) is 8.58. The zero-order chi connectivity index (χ0) is 13.2. The summed E-state index contributed by atoms with van der Waals surface area (Å²) in [7, 11) is 0. The minimum absolute atomic E-state index is 0.255. The Balaban J connectivity index is 1.96. The third kappa shape index (κ3) is 3.20. The van der Waals surface area contributed by atoms with Gasteiger partial charge in [-0.1, -0.05) is 48.7 Å². The lowest BCUT2D eigenvalue weighted by molar-refractivity contribution is 0.397. The van der Waals surface area contributed by atoms with Crippen molar-refractivity contribution in [3.63, 3.8) is 0 Å². The predicted octanol–water partition coefficient (Wildman–Crippen LogP) is 5.22. The molecule has 1 unspecified atom stereocenters. The largest absolute Gasteiger partial charge is 0.310 e. The van der Waals surface area contributed by atoms with E-state index in [1.54, 1.807) is 0 Å². The number of nitrogens with one attached hydrogen (secondary N) is 1. The molecule has 0 radical (unpaired) electrons. The third-order valence-electron chi connectivity index (χ3n) is 3.97. The van der Waals surface area contributed by atoms with Crippen LogP contribution < -0.4 is 5.32 Å². The third-order valence-corrected chi connectivity index (χ3v) is 4.80. The topological polar surface area (TPSA) is 12.0 Å². The van der Waals surface area contributed by atoms with Gasteiger partial charge in [-0.25, -0.2) is 0 Å². The van der Waals surface area contributed by atoms with Crippen LogP contribution in [0.1, 0.15) is 51.1 Å². The Morgan fingerprint density at radius 2 is 2.06 bits per heavy atom. The van der Waals surface area contributed by atoms with Crippen LogP contribution in [0.3, 0.4) is 0 Å². The molecule has 0 aromatic heterocycles. The predicted molar refractivity (Wildman–Crippen MR) is 79.5 cm³/mol.